The lowest BCUT2D eigenvalue weighted by Crippen LogP contribution is -2.23. The molecule has 0 spiro atoms. The molecule has 0 saturated carbocycles. The van der Waals surface area contributed by atoms with E-state index in [1.54, 1.807) is 12.3 Å². The second-order valence-electron chi connectivity index (χ2n) is 4.51. The summed E-state index contributed by atoms with van der Waals surface area (Å²) in [6.45, 7) is 3.94. The Morgan fingerprint density at radius 1 is 1.45 bits per heavy atom. The lowest BCUT2D eigenvalue weighted by molar-refractivity contribution is -0.144. The van der Waals surface area contributed by atoms with Crippen LogP contribution in [0.1, 0.15) is 18.2 Å². The summed E-state index contributed by atoms with van der Waals surface area (Å²) in [7, 11) is 0. The Morgan fingerprint density at radius 2 is 2.25 bits per heavy atom. The molecule has 0 aliphatic heterocycles. The van der Waals surface area contributed by atoms with Crippen LogP contribution < -0.4 is 10.1 Å². The number of carboxylic acids is 1. The maximum absolute atomic E-state index is 10.8. The van der Waals surface area contributed by atoms with Crippen LogP contribution in [0.15, 0.2) is 41.0 Å². The average Bonchev–Trinajstić information content (AvgIpc) is 2.92. The fourth-order valence-corrected chi connectivity index (χ4v) is 1.68. The Hall–Kier alpha value is -2.43. The second kappa shape index (κ2) is 6.14. The number of ether oxygens (including phenoxy) is 1. The van der Waals surface area contributed by atoms with Gasteiger partial charge in [0.2, 0.25) is 0 Å². The van der Waals surface area contributed by atoms with Crippen molar-refractivity contribution < 1.29 is 19.1 Å². The number of rotatable bonds is 6. The lowest BCUT2D eigenvalue weighted by Gasteiger charge is -2.14. The Bertz CT molecular complexity index is 578. The third-order valence-corrected chi connectivity index (χ3v) is 2.89. The molecule has 1 aromatic heterocycles. The topological polar surface area (TPSA) is 71.7 Å². The van der Waals surface area contributed by atoms with Crippen molar-refractivity contribution in [3.05, 3.63) is 47.9 Å². The molecule has 1 atom stereocenters. The second-order valence-corrected chi connectivity index (χ2v) is 4.51. The van der Waals surface area contributed by atoms with Crippen molar-refractivity contribution >= 4 is 11.7 Å². The van der Waals surface area contributed by atoms with Crippen LogP contribution in [-0.4, -0.2) is 17.2 Å². The zero-order valence-corrected chi connectivity index (χ0v) is 11.4. The van der Waals surface area contributed by atoms with E-state index in [0.29, 0.717) is 12.3 Å². The zero-order chi connectivity index (χ0) is 14.5. The highest BCUT2D eigenvalue weighted by Crippen LogP contribution is 2.24. The van der Waals surface area contributed by atoms with Crippen LogP contribution in [0.5, 0.6) is 5.75 Å². The first-order chi connectivity index (χ1) is 9.56. The molecule has 2 rings (SSSR count). The van der Waals surface area contributed by atoms with Gasteiger partial charge >= 0.3 is 5.97 Å². The molecule has 5 heteroatoms. The number of nitrogens with one attached hydrogen (secondary N) is 1. The third kappa shape index (κ3) is 3.54. The van der Waals surface area contributed by atoms with Crippen molar-refractivity contribution in [2.24, 2.45) is 0 Å². The van der Waals surface area contributed by atoms with Gasteiger partial charge in [0.1, 0.15) is 11.5 Å². The number of anilines is 1. The number of carboxylic acid groups (broad SMARTS) is 1. The largest absolute Gasteiger partial charge is 0.479 e. The Balaban J connectivity index is 2.05. The van der Waals surface area contributed by atoms with Gasteiger partial charge in [-0.3, -0.25) is 0 Å². The first-order valence-corrected chi connectivity index (χ1v) is 6.32. The Kier molecular flexibility index (Phi) is 4.30. The summed E-state index contributed by atoms with van der Waals surface area (Å²) in [5.74, 6) is 0.398. The van der Waals surface area contributed by atoms with Crippen LogP contribution in [0.25, 0.3) is 0 Å². The molecule has 1 unspecified atom stereocenters. The third-order valence-electron chi connectivity index (χ3n) is 2.89. The van der Waals surface area contributed by atoms with Gasteiger partial charge in [-0.15, -0.1) is 0 Å². The molecule has 2 aromatic rings. The Morgan fingerprint density at radius 3 is 2.90 bits per heavy atom. The summed E-state index contributed by atoms with van der Waals surface area (Å²) >= 11 is 0. The average molecular weight is 275 g/mol. The normalized spacial score (nSPS) is 11.9. The van der Waals surface area contributed by atoms with Crippen LogP contribution in [-0.2, 0) is 11.3 Å². The highest BCUT2D eigenvalue weighted by molar-refractivity contribution is 5.72. The molecule has 1 aromatic carbocycles. The zero-order valence-electron chi connectivity index (χ0n) is 11.4. The molecule has 0 amide bonds. The standard InChI is InChI=1S/C15H17NO4/c1-10-5-6-12(16-9-13-4-3-7-19-13)8-14(10)20-11(2)15(17)18/h3-8,11,16H,9H2,1-2H3,(H,17,18). The van der Waals surface area contributed by atoms with E-state index in [1.807, 2.05) is 31.2 Å². The van der Waals surface area contributed by atoms with E-state index in [0.717, 1.165) is 17.0 Å². The number of hydrogen-bond donors (Lipinski definition) is 2. The molecule has 0 radical (unpaired) electrons. The van der Waals surface area contributed by atoms with Gasteiger partial charge in [0, 0.05) is 11.8 Å². The molecule has 2 N–H and O–H groups in total. The van der Waals surface area contributed by atoms with Crippen molar-refractivity contribution in [3.63, 3.8) is 0 Å². The minimum absolute atomic E-state index is 0.560. The molecule has 5 nitrogen and oxygen atoms in total. The SMILES string of the molecule is Cc1ccc(NCc2ccco2)cc1OC(C)C(=O)O. The summed E-state index contributed by atoms with van der Waals surface area (Å²) in [6.07, 6.45) is 0.740. The highest BCUT2D eigenvalue weighted by Gasteiger charge is 2.14. The van der Waals surface area contributed by atoms with Gasteiger partial charge in [-0.25, -0.2) is 4.79 Å². The molecule has 0 saturated heterocycles. The van der Waals surface area contributed by atoms with Gasteiger partial charge in [-0.05, 0) is 37.6 Å². The van der Waals surface area contributed by atoms with Crippen LogP contribution in [0.3, 0.4) is 0 Å². The van der Waals surface area contributed by atoms with E-state index in [2.05, 4.69) is 5.32 Å². The van der Waals surface area contributed by atoms with E-state index in [-0.39, 0.29) is 0 Å². The number of aryl methyl sites for hydroxylation is 1. The van der Waals surface area contributed by atoms with Gasteiger partial charge in [0.25, 0.3) is 0 Å². The number of aliphatic carboxylic acids is 1. The van der Waals surface area contributed by atoms with Gasteiger partial charge in [0.15, 0.2) is 6.10 Å². The molecule has 106 valence electrons. The lowest BCUT2D eigenvalue weighted by atomic mass is 10.2. The van der Waals surface area contributed by atoms with Crippen LogP contribution >= 0.6 is 0 Å². The predicted molar refractivity (Wildman–Crippen MR) is 74.9 cm³/mol. The molecule has 0 aliphatic carbocycles. The highest BCUT2D eigenvalue weighted by atomic mass is 16.5. The summed E-state index contributed by atoms with van der Waals surface area (Å²) in [6, 6.07) is 9.29. The van der Waals surface area contributed by atoms with Crippen molar-refractivity contribution in [2.75, 3.05) is 5.32 Å². The number of furan rings is 1. The quantitative estimate of drug-likeness (QED) is 0.847. The molecular weight excluding hydrogens is 258 g/mol. The predicted octanol–water partition coefficient (Wildman–Crippen LogP) is 3.05. The van der Waals surface area contributed by atoms with E-state index in [4.69, 9.17) is 14.3 Å². The maximum Gasteiger partial charge on any atom is 0.344 e. The number of hydrogen-bond acceptors (Lipinski definition) is 4. The van der Waals surface area contributed by atoms with Crippen LogP contribution in [0.4, 0.5) is 5.69 Å². The van der Waals surface area contributed by atoms with Crippen LogP contribution in [0.2, 0.25) is 0 Å². The van der Waals surface area contributed by atoms with E-state index in [9.17, 15) is 4.79 Å². The molecule has 20 heavy (non-hydrogen) atoms. The molecule has 0 fully saturated rings. The maximum atomic E-state index is 10.8. The number of benzene rings is 1. The minimum atomic E-state index is -0.988. The van der Waals surface area contributed by atoms with Crippen molar-refractivity contribution in [1.82, 2.24) is 0 Å². The summed E-state index contributed by atoms with van der Waals surface area (Å²) in [4.78, 5) is 10.8. The van der Waals surface area contributed by atoms with Gasteiger partial charge in [-0.2, -0.15) is 0 Å². The molecule has 0 bridgehead atoms. The summed E-state index contributed by atoms with van der Waals surface area (Å²) < 4.78 is 10.7. The van der Waals surface area contributed by atoms with Crippen molar-refractivity contribution in [1.29, 1.82) is 0 Å². The summed E-state index contributed by atoms with van der Waals surface area (Å²) in [5.41, 5.74) is 1.74. The van der Waals surface area contributed by atoms with Gasteiger partial charge < -0.3 is 19.6 Å². The van der Waals surface area contributed by atoms with Crippen LogP contribution in [0, 0.1) is 6.92 Å². The first kappa shape index (κ1) is 14.0. The molecule has 1 heterocycles. The first-order valence-electron chi connectivity index (χ1n) is 6.32. The van der Waals surface area contributed by atoms with E-state index < -0.39 is 12.1 Å². The van der Waals surface area contributed by atoms with Crippen molar-refractivity contribution in [2.45, 2.75) is 26.5 Å². The Labute approximate surface area is 117 Å². The minimum Gasteiger partial charge on any atom is -0.479 e. The van der Waals surface area contributed by atoms with Gasteiger partial charge in [-0.1, -0.05) is 6.07 Å². The monoisotopic (exact) mass is 275 g/mol. The summed E-state index contributed by atoms with van der Waals surface area (Å²) in [5, 5.41) is 12.1. The molecular formula is C15H17NO4. The fourth-order valence-electron chi connectivity index (χ4n) is 1.68. The van der Waals surface area contributed by atoms with Crippen molar-refractivity contribution in [3.8, 4) is 5.75 Å². The van der Waals surface area contributed by atoms with E-state index >= 15 is 0 Å². The number of carbonyl (C=O) groups is 1. The molecule has 0 aliphatic rings. The van der Waals surface area contributed by atoms with E-state index in [1.165, 1.54) is 6.92 Å². The fraction of sp³-hybridized carbons (Fsp3) is 0.267. The smallest absolute Gasteiger partial charge is 0.344 e. The van der Waals surface area contributed by atoms with Gasteiger partial charge in [0.05, 0.1) is 12.8 Å².